The van der Waals surface area contributed by atoms with Crippen LogP contribution in [0.3, 0.4) is 0 Å². The summed E-state index contributed by atoms with van der Waals surface area (Å²) in [7, 11) is 0. The molecule has 2 nitrogen and oxygen atoms in total. The van der Waals surface area contributed by atoms with Gasteiger partial charge in [-0.15, -0.1) is 17.9 Å². The van der Waals surface area contributed by atoms with Gasteiger partial charge in [-0.2, -0.15) is 0 Å². The number of hydrogen-bond donors (Lipinski definition) is 1. The van der Waals surface area contributed by atoms with Crippen molar-refractivity contribution >= 4 is 17.3 Å². The summed E-state index contributed by atoms with van der Waals surface area (Å²) in [4.78, 5) is 13.0. The van der Waals surface area contributed by atoms with Crippen molar-refractivity contribution in [3.8, 4) is 10.4 Å². The van der Waals surface area contributed by atoms with Crippen LogP contribution >= 0.6 is 11.3 Å². The molecule has 1 heterocycles. The van der Waals surface area contributed by atoms with Crippen molar-refractivity contribution in [1.82, 2.24) is 0 Å². The van der Waals surface area contributed by atoms with Crippen LogP contribution in [0, 0.1) is 0 Å². The van der Waals surface area contributed by atoms with Crippen molar-refractivity contribution in [2.24, 2.45) is 0 Å². The highest BCUT2D eigenvalue weighted by Crippen LogP contribution is 2.31. The van der Waals surface area contributed by atoms with E-state index in [1.165, 1.54) is 11.3 Å². The average Bonchev–Trinajstić information content (AvgIpc) is 2.75. The number of benzene rings is 1. The zero-order valence-electron chi connectivity index (χ0n) is 9.22. The van der Waals surface area contributed by atoms with Gasteiger partial charge in [-0.1, -0.05) is 36.4 Å². The largest absolute Gasteiger partial charge is 0.478 e. The Kier molecular flexibility index (Phi) is 3.40. The molecule has 3 heteroatoms. The van der Waals surface area contributed by atoms with Crippen LogP contribution in [-0.2, 0) is 6.42 Å². The molecule has 0 fully saturated rings. The molecule has 0 aliphatic heterocycles. The van der Waals surface area contributed by atoms with Crippen molar-refractivity contribution < 1.29 is 9.90 Å². The number of carboxylic acids is 1. The zero-order chi connectivity index (χ0) is 12.3. The molecular formula is C14H12O2S. The molecule has 0 radical (unpaired) electrons. The first-order valence-corrected chi connectivity index (χ1v) is 6.06. The molecule has 0 saturated heterocycles. The average molecular weight is 244 g/mol. The Balaban J connectivity index is 2.47. The third kappa shape index (κ3) is 2.45. The summed E-state index contributed by atoms with van der Waals surface area (Å²) in [5.74, 6) is -0.875. The second-order valence-electron chi connectivity index (χ2n) is 3.61. The van der Waals surface area contributed by atoms with Gasteiger partial charge in [0.25, 0.3) is 0 Å². The fourth-order valence-electron chi connectivity index (χ4n) is 1.64. The fraction of sp³-hybridized carbons (Fsp3) is 0.0714. The van der Waals surface area contributed by atoms with E-state index in [0.717, 1.165) is 15.3 Å². The number of rotatable bonds is 4. The van der Waals surface area contributed by atoms with E-state index in [-0.39, 0.29) is 0 Å². The second-order valence-corrected chi connectivity index (χ2v) is 4.75. The van der Waals surface area contributed by atoms with Crippen LogP contribution in [-0.4, -0.2) is 11.1 Å². The Morgan fingerprint density at radius 3 is 2.65 bits per heavy atom. The number of carbonyl (C=O) groups is 1. The van der Waals surface area contributed by atoms with E-state index in [9.17, 15) is 4.79 Å². The van der Waals surface area contributed by atoms with Gasteiger partial charge in [0, 0.05) is 16.2 Å². The Morgan fingerprint density at radius 1 is 1.35 bits per heavy atom. The third-order valence-corrected chi connectivity index (χ3v) is 3.63. The van der Waals surface area contributed by atoms with Gasteiger partial charge in [0.05, 0.1) is 5.56 Å². The lowest BCUT2D eigenvalue weighted by molar-refractivity contribution is 0.0696. The lowest BCUT2D eigenvalue weighted by Gasteiger charge is -1.94. The maximum absolute atomic E-state index is 11.1. The summed E-state index contributed by atoms with van der Waals surface area (Å²) in [6, 6.07) is 11.5. The molecule has 0 spiro atoms. The van der Waals surface area contributed by atoms with E-state index in [1.54, 1.807) is 12.1 Å². The fourth-order valence-corrected chi connectivity index (χ4v) is 2.79. The van der Waals surface area contributed by atoms with Crippen LogP contribution < -0.4 is 0 Å². The van der Waals surface area contributed by atoms with Crippen LogP contribution in [0.5, 0.6) is 0 Å². The minimum atomic E-state index is -0.875. The second kappa shape index (κ2) is 4.97. The van der Waals surface area contributed by atoms with E-state index in [2.05, 4.69) is 6.58 Å². The zero-order valence-corrected chi connectivity index (χ0v) is 10.0. The first kappa shape index (κ1) is 11.6. The number of carboxylic acid groups (broad SMARTS) is 1. The molecule has 0 amide bonds. The summed E-state index contributed by atoms with van der Waals surface area (Å²) in [5, 5.41) is 9.12. The van der Waals surface area contributed by atoms with Gasteiger partial charge in [-0.05, 0) is 11.6 Å². The molecule has 0 aliphatic carbocycles. The van der Waals surface area contributed by atoms with Gasteiger partial charge >= 0.3 is 5.97 Å². The lowest BCUT2D eigenvalue weighted by Crippen LogP contribution is -1.96. The quantitative estimate of drug-likeness (QED) is 0.830. The molecule has 1 aromatic carbocycles. The minimum Gasteiger partial charge on any atom is -0.478 e. The van der Waals surface area contributed by atoms with Crippen molar-refractivity contribution in [3.05, 3.63) is 59.5 Å². The van der Waals surface area contributed by atoms with Crippen molar-refractivity contribution in [1.29, 1.82) is 0 Å². The topological polar surface area (TPSA) is 37.3 Å². The summed E-state index contributed by atoms with van der Waals surface area (Å²) < 4.78 is 0. The maximum Gasteiger partial charge on any atom is 0.336 e. The van der Waals surface area contributed by atoms with E-state index < -0.39 is 5.97 Å². The molecule has 0 bridgehead atoms. The molecule has 2 rings (SSSR count). The lowest BCUT2D eigenvalue weighted by atomic mass is 10.1. The summed E-state index contributed by atoms with van der Waals surface area (Å²) in [5.41, 5.74) is 1.43. The Morgan fingerprint density at radius 2 is 2.06 bits per heavy atom. The number of allylic oxidation sites excluding steroid dienone is 1. The molecule has 17 heavy (non-hydrogen) atoms. The predicted molar refractivity (Wildman–Crippen MR) is 70.6 cm³/mol. The van der Waals surface area contributed by atoms with Crippen LogP contribution in [0.4, 0.5) is 0 Å². The first-order valence-electron chi connectivity index (χ1n) is 5.24. The van der Waals surface area contributed by atoms with Gasteiger partial charge in [0.15, 0.2) is 0 Å². The van der Waals surface area contributed by atoms with E-state index in [1.807, 2.05) is 30.3 Å². The van der Waals surface area contributed by atoms with E-state index >= 15 is 0 Å². The standard InChI is InChI=1S/C14H12O2S/c1-2-6-12-11(14(15)16)9-13(17-12)10-7-4-3-5-8-10/h2-5,7-9H,1,6H2,(H,15,16). The van der Waals surface area contributed by atoms with Gasteiger partial charge in [0.1, 0.15) is 0 Å². The summed E-state index contributed by atoms with van der Waals surface area (Å²) >= 11 is 1.51. The Hall–Kier alpha value is -1.87. The smallest absolute Gasteiger partial charge is 0.336 e. The Labute approximate surface area is 104 Å². The number of aromatic carboxylic acids is 1. The summed E-state index contributed by atoms with van der Waals surface area (Å²) in [6.07, 6.45) is 2.33. The molecule has 1 N–H and O–H groups in total. The molecule has 0 unspecified atom stereocenters. The van der Waals surface area contributed by atoms with Crippen LogP contribution in [0.15, 0.2) is 49.1 Å². The molecule has 1 aromatic heterocycles. The van der Waals surface area contributed by atoms with Crippen LogP contribution in [0.2, 0.25) is 0 Å². The van der Waals surface area contributed by atoms with E-state index in [0.29, 0.717) is 12.0 Å². The SMILES string of the molecule is C=CCc1sc(-c2ccccc2)cc1C(=O)O. The van der Waals surface area contributed by atoms with Crippen molar-refractivity contribution in [2.75, 3.05) is 0 Å². The highest BCUT2D eigenvalue weighted by atomic mass is 32.1. The van der Waals surface area contributed by atoms with Gasteiger partial charge in [-0.3, -0.25) is 0 Å². The van der Waals surface area contributed by atoms with Gasteiger partial charge in [-0.25, -0.2) is 4.79 Å². The van der Waals surface area contributed by atoms with Crippen molar-refractivity contribution in [3.63, 3.8) is 0 Å². The Bertz CT molecular complexity index is 541. The normalized spacial score (nSPS) is 10.1. The molecule has 0 saturated carbocycles. The van der Waals surface area contributed by atoms with Crippen molar-refractivity contribution in [2.45, 2.75) is 6.42 Å². The number of hydrogen-bond acceptors (Lipinski definition) is 2. The maximum atomic E-state index is 11.1. The molecule has 0 atom stereocenters. The molecular weight excluding hydrogens is 232 g/mol. The molecule has 86 valence electrons. The van der Waals surface area contributed by atoms with E-state index in [4.69, 9.17) is 5.11 Å². The number of thiophene rings is 1. The first-order chi connectivity index (χ1) is 8.22. The highest BCUT2D eigenvalue weighted by Gasteiger charge is 2.14. The highest BCUT2D eigenvalue weighted by molar-refractivity contribution is 7.15. The third-order valence-electron chi connectivity index (χ3n) is 2.43. The minimum absolute atomic E-state index is 0.383. The van der Waals surface area contributed by atoms with Gasteiger partial charge < -0.3 is 5.11 Å². The monoisotopic (exact) mass is 244 g/mol. The van der Waals surface area contributed by atoms with Gasteiger partial charge in [0.2, 0.25) is 0 Å². The summed E-state index contributed by atoms with van der Waals surface area (Å²) in [6.45, 7) is 3.65. The molecule has 2 aromatic rings. The molecule has 0 aliphatic rings. The van der Waals surface area contributed by atoms with Crippen LogP contribution in [0.25, 0.3) is 10.4 Å². The van der Waals surface area contributed by atoms with Crippen LogP contribution in [0.1, 0.15) is 15.2 Å². The predicted octanol–water partition coefficient (Wildman–Crippen LogP) is 3.84.